The van der Waals surface area contributed by atoms with Crippen LogP contribution in [0, 0.1) is 5.92 Å². The maximum absolute atomic E-state index is 11.7. The first kappa shape index (κ1) is 13.5. The van der Waals surface area contributed by atoms with Gasteiger partial charge in [0.2, 0.25) is 5.91 Å². The van der Waals surface area contributed by atoms with Crippen molar-refractivity contribution in [1.29, 1.82) is 0 Å². The van der Waals surface area contributed by atoms with E-state index in [4.69, 9.17) is 17.3 Å². The summed E-state index contributed by atoms with van der Waals surface area (Å²) in [4.78, 5) is 12.7. The van der Waals surface area contributed by atoms with Crippen molar-refractivity contribution in [3.63, 3.8) is 0 Å². The molecule has 0 aliphatic heterocycles. The first-order chi connectivity index (χ1) is 7.41. The van der Waals surface area contributed by atoms with Crippen LogP contribution in [-0.2, 0) is 4.79 Å². The van der Waals surface area contributed by atoms with Crippen LogP contribution in [-0.4, -0.2) is 11.9 Å². The highest BCUT2D eigenvalue weighted by Gasteiger charge is 2.19. The maximum Gasteiger partial charge on any atom is 0.237 e. The fourth-order valence-corrected chi connectivity index (χ4v) is 2.31. The molecule has 1 rings (SSSR count). The Morgan fingerprint density at radius 3 is 2.50 bits per heavy atom. The predicted molar refractivity (Wildman–Crippen MR) is 68.7 cm³/mol. The highest BCUT2D eigenvalue weighted by molar-refractivity contribution is 7.16. The van der Waals surface area contributed by atoms with Crippen molar-refractivity contribution in [3.8, 4) is 0 Å². The highest BCUT2D eigenvalue weighted by atomic mass is 35.5. The van der Waals surface area contributed by atoms with E-state index in [1.54, 1.807) is 0 Å². The quantitative estimate of drug-likeness (QED) is 0.874. The zero-order chi connectivity index (χ0) is 12.3. The summed E-state index contributed by atoms with van der Waals surface area (Å²) >= 11 is 7.30. The van der Waals surface area contributed by atoms with Gasteiger partial charge in [0.25, 0.3) is 0 Å². The normalized spacial score (nSPS) is 14.9. The summed E-state index contributed by atoms with van der Waals surface area (Å²) in [5.74, 6) is 0.0196. The number of amides is 1. The molecule has 2 atom stereocenters. The Morgan fingerprint density at radius 1 is 1.44 bits per heavy atom. The van der Waals surface area contributed by atoms with E-state index in [9.17, 15) is 4.79 Å². The van der Waals surface area contributed by atoms with Crippen molar-refractivity contribution in [2.75, 3.05) is 0 Å². The summed E-state index contributed by atoms with van der Waals surface area (Å²) in [6.07, 6.45) is 0. The van der Waals surface area contributed by atoms with Gasteiger partial charge in [-0.2, -0.15) is 0 Å². The molecule has 0 aliphatic rings. The molecule has 5 heteroatoms. The summed E-state index contributed by atoms with van der Waals surface area (Å²) in [5, 5.41) is 2.88. The van der Waals surface area contributed by atoms with Crippen LogP contribution in [0.1, 0.15) is 31.7 Å². The number of carbonyl (C=O) groups is 1. The predicted octanol–water partition coefficient (Wildman–Crippen LogP) is 2.56. The van der Waals surface area contributed by atoms with Gasteiger partial charge in [0.1, 0.15) is 0 Å². The van der Waals surface area contributed by atoms with E-state index in [2.05, 4.69) is 5.32 Å². The molecule has 0 aromatic carbocycles. The fraction of sp³-hybridized carbons (Fsp3) is 0.545. The van der Waals surface area contributed by atoms with Gasteiger partial charge < -0.3 is 11.1 Å². The number of hydrogen-bond donors (Lipinski definition) is 2. The van der Waals surface area contributed by atoms with E-state index in [1.165, 1.54) is 11.3 Å². The lowest BCUT2D eigenvalue weighted by Crippen LogP contribution is -2.44. The van der Waals surface area contributed by atoms with Crippen LogP contribution >= 0.6 is 22.9 Å². The van der Waals surface area contributed by atoms with Crippen molar-refractivity contribution in [2.24, 2.45) is 11.7 Å². The second-order valence-corrected chi connectivity index (χ2v) is 5.89. The van der Waals surface area contributed by atoms with E-state index < -0.39 is 6.04 Å². The van der Waals surface area contributed by atoms with Gasteiger partial charge in [-0.3, -0.25) is 4.79 Å². The average molecular weight is 261 g/mol. The van der Waals surface area contributed by atoms with E-state index in [-0.39, 0.29) is 17.9 Å². The Morgan fingerprint density at radius 2 is 2.06 bits per heavy atom. The van der Waals surface area contributed by atoms with E-state index in [0.29, 0.717) is 0 Å². The van der Waals surface area contributed by atoms with Gasteiger partial charge in [0.15, 0.2) is 0 Å². The van der Waals surface area contributed by atoms with Crippen LogP contribution in [0.3, 0.4) is 0 Å². The molecule has 1 aromatic heterocycles. The number of nitrogens with one attached hydrogen (secondary N) is 1. The summed E-state index contributed by atoms with van der Waals surface area (Å²) in [5.41, 5.74) is 5.76. The zero-order valence-electron chi connectivity index (χ0n) is 9.66. The van der Waals surface area contributed by atoms with E-state index in [1.807, 2.05) is 32.9 Å². The molecule has 16 heavy (non-hydrogen) atoms. The van der Waals surface area contributed by atoms with Crippen LogP contribution in [0.25, 0.3) is 0 Å². The largest absolute Gasteiger partial charge is 0.347 e. The molecule has 1 heterocycles. The molecule has 1 amide bonds. The Bertz CT molecular complexity index is 365. The molecular weight excluding hydrogens is 244 g/mol. The molecule has 0 saturated heterocycles. The van der Waals surface area contributed by atoms with Gasteiger partial charge in [-0.15, -0.1) is 11.3 Å². The van der Waals surface area contributed by atoms with Gasteiger partial charge in [-0.25, -0.2) is 0 Å². The van der Waals surface area contributed by atoms with Crippen LogP contribution in [0.4, 0.5) is 0 Å². The summed E-state index contributed by atoms with van der Waals surface area (Å²) in [6, 6.07) is 3.23. The summed E-state index contributed by atoms with van der Waals surface area (Å²) in [6.45, 7) is 5.78. The van der Waals surface area contributed by atoms with E-state index >= 15 is 0 Å². The van der Waals surface area contributed by atoms with Crippen molar-refractivity contribution >= 4 is 28.8 Å². The standard InChI is InChI=1S/C11H17ClN2OS/c1-6(2)10(13)11(15)14-7(3)8-4-5-9(12)16-8/h4-7,10H,13H2,1-3H3,(H,14,15). The second-order valence-electron chi connectivity index (χ2n) is 4.14. The molecule has 0 radical (unpaired) electrons. The van der Waals surface area contributed by atoms with Gasteiger partial charge in [-0.05, 0) is 25.0 Å². The van der Waals surface area contributed by atoms with Gasteiger partial charge >= 0.3 is 0 Å². The molecule has 2 unspecified atom stereocenters. The summed E-state index contributed by atoms with van der Waals surface area (Å²) in [7, 11) is 0. The van der Waals surface area contributed by atoms with Gasteiger partial charge in [-0.1, -0.05) is 25.4 Å². The number of carbonyl (C=O) groups excluding carboxylic acids is 1. The minimum absolute atomic E-state index is 0.0465. The molecule has 0 spiro atoms. The lowest BCUT2D eigenvalue weighted by Gasteiger charge is -2.18. The third kappa shape index (κ3) is 3.47. The fourth-order valence-electron chi connectivity index (χ4n) is 1.24. The maximum atomic E-state index is 11.7. The smallest absolute Gasteiger partial charge is 0.237 e. The Labute approximate surface area is 105 Å². The van der Waals surface area contributed by atoms with Crippen molar-refractivity contribution in [1.82, 2.24) is 5.32 Å². The van der Waals surface area contributed by atoms with Crippen LogP contribution in [0.2, 0.25) is 4.34 Å². The SMILES string of the molecule is CC(NC(=O)C(N)C(C)C)c1ccc(Cl)s1. The number of hydrogen-bond acceptors (Lipinski definition) is 3. The van der Waals surface area contributed by atoms with Crippen molar-refractivity contribution in [3.05, 3.63) is 21.3 Å². The third-order valence-corrected chi connectivity index (χ3v) is 3.81. The van der Waals surface area contributed by atoms with Gasteiger partial charge in [0.05, 0.1) is 16.4 Å². The van der Waals surface area contributed by atoms with E-state index in [0.717, 1.165) is 9.21 Å². The van der Waals surface area contributed by atoms with Crippen LogP contribution in [0.15, 0.2) is 12.1 Å². The van der Waals surface area contributed by atoms with Crippen LogP contribution in [0.5, 0.6) is 0 Å². The molecular formula is C11H17ClN2OS. The molecule has 90 valence electrons. The first-order valence-electron chi connectivity index (χ1n) is 5.23. The Kier molecular flexibility index (Phi) is 4.77. The third-order valence-electron chi connectivity index (χ3n) is 2.40. The molecule has 0 saturated carbocycles. The summed E-state index contributed by atoms with van der Waals surface area (Å²) < 4.78 is 0.726. The lowest BCUT2D eigenvalue weighted by molar-refractivity contribution is -0.123. The molecule has 1 aromatic rings. The number of rotatable bonds is 4. The minimum atomic E-state index is -0.460. The Balaban J connectivity index is 2.58. The molecule has 0 aliphatic carbocycles. The number of halogens is 1. The lowest BCUT2D eigenvalue weighted by atomic mass is 10.0. The highest BCUT2D eigenvalue weighted by Crippen LogP contribution is 2.26. The molecule has 0 fully saturated rings. The first-order valence-corrected chi connectivity index (χ1v) is 6.42. The van der Waals surface area contributed by atoms with Crippen molar-refractivity contribution < 1.29 is 4.79 Å². The zero-order valence-corrected chi connectivity index (χ0v) is 11.2. The molecule has 3 N–H and O–H groups in total. The number of nitrogens with two attached hydrogens (primary N) is 1. The monoisotopic (exact) mass is 260 g/mol. The topological polar surface area (TPSA) is 55.1 Å². The number of thiophene rings is 1. The van der Waals surface area contributed by atoms with Crippen molar-refractivity contribution in [2.45, 2.75) is 32.9 Å². The second kappa shape index (κ2) is 5.66. The minimum Gasteiger partial charge on any atom is -0.347 e. The van der Waals surface area contributed by atoms with Gasteiger partial charge in [0, 0.05) is 4.88 Å². The molecule has 3 nitrogen and oxygen atoms in total. The van der Waals surface area contributed by atoms with Crippen LogP contribution < -0.4 is 11.1 Å². The molecule has 0 bridgehead atoms. The average Bonchev–Trinajstić information content (AvgIpc) is 2.63. The Hall–Kier alpha value is -0.580.